The molecule has 14 heavy (non-hydrogen) atoms. The Morgan fingerprint density at radius 2 is 2.07 bits per heavy atom. The summed E-state index contributed by atoms with van der Waals surface area (Å²) in [5.41, 5.74) is 5.01. The second kappa shape index (κ2) is 6.37. The van der Waals surface area contributed by atoms with Crippen molar-refractivity contribution >= 4 is 11.8 Å². The maximum atomic E-state index is 11.3. The first-order valence-electron chi connectivity index (χ1n) is 4.73. The Hall–Kier alpha value is -1.10. The summed E-state index contributed by atoms with van der Waals surface area (Å²) in [5, 5.41) is 2.94. The van der Waals surface area contributed by atoms with E-state index in [1.807, 2.05) is 13.8 Å². The van der Waals surface area contributed by atoms with Gasteiger partial charge >= 0.3 is 0 Å². The van der Waals surface area contributed by atoms with Crippen LogP contribution in [0.4, 0.5) is 0 Å². The first-order valence-corrected chi connectivity index (χ1v) is 4.73. The molecule has 0 aromatic heterocycles. The van der Waals surface area contributed by atoms with E-state index in [9.17, 15) is 9.59 Å². The second-order valence-electron chi connectivity index (χ2n) is 3.36. The van der Waals surface area contributed by atoms with Gasteiger partial charge in [0.25, 0.3) is 0 Å². The van der Waals surface area contributed by atoms with Crippen molar-refractivity contribution in [2.45, 2.75) is 26.3 Å². The van der Waals surface area contributed by atoms with Gasteiger partial charge in [-0.05, 0) is 13.8 Å². The van der Waals surface area contributed by atoms with Crippen LogP contribution < -0.4 is 11.1 Å². The minimum Gasteiger partial charge on any atom is -0.370 e. The summed E-state index contributed by atoms with van der Waals surface area (Å²) in [5.74, 6) is -0.342. The number of carbonyl (C=O) groups excluding carboxylic acids is 2. The molecule has 5 nitrogen and oxygen atoms in total. The molecule has 1 atom stereocenters. The zero-order valence-corrected chi connectivity index (χ0v) is 9.04. The minimum absolute atomic E-state index is 0.0174. The molecular formula is C9H19N3O2. The highest BCUT2D eigenvalue weighted by atomic mass is 16.2. The van der Waals surface area contributed by atoms with Crippen LogP contribution in [0.3, 0.4) is 0 Å². The first-order chi connectivity index (χ1) is 6.47. The topological polar surface area (TPSA) is 75.4 Å². The van der Waals surface area contributed by atoms with Gasteiger partial charge in [0.15, 0.2) is 0 Å². The predicted octanol–water partition coefficient (Wildman–Crippen LogP) is -0.682. The van der Waals surface area contributed by atoms with Gasteiger partial charge < -0.3 is 16.0 Å². The highest BCUT2D eigenvalue weighted by Gasteiger charge is 2.09. The Morgan fingerprint density at radius 1 is 1.50 bits per heavy atom. The molecule has 0 fully saturated rings. The van der Waals surface area contributed by atoms with E-state index in [1.165, 1.54) is 0 Å². The fourth-order valence-electron chi connectivity index (χ4n) is 0.947. The molecule has 0 spiro atoms. The summed E-state index contributed by atoms with van der Waals surface area (Å²) in [4.78, 5) is 23.5. The molecule has 0 aliphatic carbocycles. The first kappa shape index (κ1) is 12.9. The summed E-state index contributed by atoms with van der Waals surface area (Å²) in [7, 11) is 1.74. The van der Waals surface area contributed by atoms with Crippen LogP contribution >= 0.6 is 0 Å². The summed E-state index contributed by atoms with van der Waals surface area (Å²) in [6, 6.07) is -0.0540. The third-order valence-corrected chi connectivity index (χ3v) is 2.01. The van der Waals surface area contributed by atoms with E-state index < -0.39 is 0 Å². The van der Waals surface area contributed by atoms with Crippen molar-refractivity contribution < 1.29 is 9.59 Å². The molecule has 0 saturated heterocycles. The highest BCUT2D eigenvalue weighted by molar-refractivity contribution is 5.78. The van der Waals surface area contributed by atoms with Crippen molar-refractivity contribution in [3.8, 4) is 0 Å². The average Bonchev–Trinajstić information content (AvgIpc) is 2.11. The van der Waals surface area contributed by atoms with Gasteiger partial charge in [-0.2, -0.15) is 0 Å². The number of nitrogens with one attached hydrogen (secondary N) is 1. The number of carbonyl (C=O) groups is 2. The minimum atomic E-state index is -0.360. The summed E-state index contributed by atoms with van der Waals surface area (Å²) < 4.78 is 0. The van der Waals surface area contributed by atoms with E-state index in [2.05, 4.69) is 5.32 Å². The lowest BCUT2D eigenvalue weighted by atomic mass is 10.2. The molecule has 0 aliphatic rings. The predicted molar refractivity (Wildman–Crippen MR) is 54.6 cm³/mol. The van der Waals surface area contributed by atoms with Gasteiger partial charge in [-0.15, -0.1) is 0 Å². The van der Waals surface area contributed by atoms with Gasteiger partial charge in [0.05, 0.1) is 6.54 Å². The van der Waals surface area contributed by atoms with Crippen molar-refractivity contribution in [2.24, 2.45) is 5.73 Å². The molecule has 0 bridgehead atoms. The quantitative estimate of drug-likeness (QED) is 0.597. The van der Waals surface area contributed by atoms with E-state index in [0.717, 1.165) is 0 Å². The molecule has 0 aromatic rings. The van der Waals surface area contributed by atoms with Gasteiger partial charge in [-0.25, -0.2) is 0 Å². The molecule has 0 heterocycles. The van der Waals surface area contributed by atoms with E-state index in [-0.39, 0.29) is 30.8 Å². The number of nitrogens with zero attached hydrogens (tertiary/aromatic N) is 1. The highest BCUT2D eigenvalue weighted by Crippen LogP contribution is 1.89. The summed E-state index contributed by atoms with van der Waals surface area (Å²) in [6.07, 6.45) is 0.253. The lowest BCUT2D eigenvalue weighted by molar-refractivity contribution is -0.129. The smallest absolute Gasteiger partial charge is 0.236 e. The molecule has 0 rings (SSSR count). The number of primary amides is 1. The lowest BCUT2D eigenvalue weighted by Gasteiger charge is -2.17. The average molecular weight is 201 g/mol. The van der Waals surface area contributed by atoms with Crippen LogP contribution in [0.25, 0.3) is 0 Å². The number of likely N-dealkylation sites (N-methyl/N-ethyl adjacent to an activating group) is 1. The van der Waals surface area contributed by atoms with Crippen LogP contribution in [0.15, 0.2) is 0 Å². The molecule has 0 aromatic carbocycles. The Kier molecular flexibility index (Phi) is 5.87. The number of hydrogen-bond acceptors (Lipinski definition) is 3. The molecule has 82 valence electrons. The monoisotopic (exact) mass is 201 g/mol. The van der Waals surface area contributed by atoms with Crippen LogP contribution in [0.2, 0.25) is 0 Å². The third-order valence-electron chi connectivity index (χ3n) is 2.01. The van der Waals surface area contributed by atoms with Gasteiger partial charge in [-0.1, -0.05) is 0 Å². The lowest BCUT2D eigenvalue weighted by Crippen LogP contribution is -2.40. The summed E-state index contributed by atoms with van der Waals surface area (Å²) >= 11 is 0. The fraction of sp³-hybridized carbons (Fsp3) is 0.778. The Bertz CT molecular complexity index is 206. The number of rotatable bonds is 6. The van der Waals surface area contributed by atoms with Gasteiger partial charge in [0, 0.05) is 26.1 Å². The standard InChI is InChI=1S/C9H19N3O2/c1-4-12(3)9(14)6-11-7(2)5-8(10)13/h7,11H,4-6H2,1-3H3,(H2,10,13). The van der Waals surface area contributed by atoms with Gasteiger partial charge in [0.2, 0.25) is 11.8 Å². The van der Waals surface area contributed by atoms with Crippen LogP contribution in [0, 0.1) is 0 Å². The molecule has 2 amide bonds. The van der Waals surface area contributed by atoms with E-state index >= 15 is 0 Å². The van der Waals surface area contributed by atoms with Crippen LogP contribution in [0.5, 0.6) is 0 Å². The van der Waals surface area contributed by atoms with Crippen molar-refractivity contribution in [2.75, 3.05) is 20.1 Å². The van der Waals surface area contributed by atoms with Gasteiger partial charge in [0.1, 0.15) is 0 Å². The molecule has 0 saturated carbocycles. The molecule has 0 radical (unpaired) electrons. The van der Waals surface area contributed by atoms with Crippen molar-refractivity contribution in [3.05, 3.63) is 0 Å². The van der Waals surface area contributed by atoms with E-state index in [4.69, 9.17) is 5.73 Å². The molecule has 0 aliphatic heterocycles. The Morgan fingerprint density at radius 3 is 2.50 bits per heavy atom. The molecule has 1 unspecified atom stereocenters. The Balaban J connectivity index is 3.71. The van der Waals surface area contributed by atoms with Crippen LogP contribution in [0.1, 0.15) is 20.3 Å². The third kappa shape index (κ3) is 5.53. The van der Waals surface area contributed by atoms with Crippen molar-refractivity contribution in [1.82, 2.24) is 10.2 Å². The normalized spacial score (nSPS) is 12.2. The van der Waals surface area contributed by atoms with Gasteiger partial charge in [-0.3, -0.25) is 9.59 Å². The number of nitrogens with two attached hydrogens (primary N) is 1. The van der Waals surface area contributed by atoms with E-state index in [1.54, 1.807) is 11.9 Å². The Labute approximate surface area is 84.6 Å². The maximum absolute atomic E-state index is 11.3. The summed E-state index contributed by atoms with van der Waals surface area (Å²) in [6.45, 7) is 4.66. The maximum Gasteiger partial charge on any atom is 0.236 e. The van der Waals surface area contributed by atoms with E-state index in [0.29, 0.717) is 6.54 Å². The molecular weight excluding hydrogens is 182 g/mol. The SMILES string of the molecule is CCN(C)C(=O)CNC(C)CC(N)=O. The van der Waals surface area contributed by atoms with Crippen LogP contribution in [-0.2, 0) is 9.59 Å². The largest absolute Gasteiger partial charge is 0.370 e. The second-order valence-corrected chi connectivity index (χ2v) is 3.36. The molecule has 3 N–H and O–H groups in total. The van der Waals surface area contributed by atoms with Crippen molar-refractivity contribution in [3.63, 3.8) is 0 Å². The number of amides is 2. The fourth-order valence-corrected chi connectivity index (χ4v) is 0.947. The molecule has 5 heteroatoms. The zero-order chi connectivity index (χ0) is 11.1. The van der Waals surface area contributed by atoms with Crippen LogP contribution in [-0.4, -0.2) is 42.9 Å². The van der Waals surface area contributed by atoms with Crippen molar-refractivity contribution in [1.29, 1.82) is 0 Å². The number of hydrogen-bond donors (Lipinski definition) is 2. The zero-order valence-electron chi connectivity index (χ0n) is 9.04.